The molecule has 0 bridgehead atoms. The molecule has 0 aromatic carbocycles. The van der Waals surface area contributed by atoms with Crippen molar-refractivity contribution in [1.82, 2.24) is 0 Å². The lowest BCUT2D eigenvalue weighted by atomic mass is 9.74. The Morgan fingerprint density at radius 1 is 0.900 bits per heavy atom. The van der Waals surface area contributed by atoms with Crippen molar-refractivity contribution in [1.29, 1.82) is 0 Å². The van der Waals surface area contributed by atoms with Crippen molar-refractivity contribution in [3.8, 4) is 0 Å². The Kier molecular flexibility index (Phi) is 6.80. The molecule has 0 spiro atoms. The van der Waals surface area contributed by atoms with Crippen molar-refractivity contribution in [2.24, 2.45) is 5.41 Å². The van der Waals surface area contributed by atoms with Gasteiger partial charge in [-0.3, -0.25) is 9.59 Å². The lowest BCUT2D eigenvalue weighted by molar-refractivity contribution is -0.178. The molecule has 0 aromatic rings. The van der Waals surface area contributed by atoms with Crippen molar-refractivity contribution in [2.45, 2.75) is 44.5 Å². The summed E-state index contributed by atoms with van der Waals surface area (Å²) in [6.45, 7) is 0. The van der Waals surface area contributed by atoms with Crippen LogP contribution in [0.2, 0.25) is 0 Å². The van der Waals surface area contributed by atoms with Gasteiger partial charge in [-0.1, -0.05) is 0 Å². The Morgan fingerprint density at radius 2 is 1.30 bits per heavy atom. The van der Waals surface area contributed by atoms with Crippen LogP contribution >= 0.6 is 0 Å². The minimum Gasteiger partial charge on any atom is -0.481 e. The molecule has 118 valence electrons. The molecule has 20 heavy (non-hydrogen) atoms. The first kappa shape index (κ1) is 18.5. The van der Waals surface area contributed by atoms with Crippen LogP contribution in [0, 0.1) is 5.41 Å². The van der Waals surface area contributed by atoms with E-state index in [9.17, 15) is 35.9 Å². The highest BCUT2D eigenvalue weighted by Gasteiger charge is 2.59. The van der Waals surface area contributed by atoms with Gasteiger partial charge < -0.3 is 10.2 Å². The van der Waals surface area contributed by atoms with Gasteiger partial charge in [0.25, 0.3) is 12.9 Å². The highest BCUT2D eigenvalue weighted by atomic mass is 19.3. The highest BCUT2D eigenvalue weighted by Crippen LogP contribution is 2.42. The Labute approximate surface area is 109 Å². The molecule has 0 saturated heterocycles. The molecule has 10 heteroatoms. The molecule has 2 N–H and O–H groups in total. The average molecular weight is 310 g/mol. The van der Waals surface area contributed by atoms with Gasteiger partial charge in [-0.25, -0.2) is 26.3 Å². The third-order valence-corrected chi connectivity index (χ3v) is 2.81. The first-order valence-corrected chi connectivity index (χ1v) is 5.37. The summed E-state index contributed by atoms with van der Waals surface area (Å²) >= 11 is 0. The van der Waals surface area contributed by atoms with Gasteiger partial charge in [0, 0.05) is 6.42 Å². The van der Waals surface area contributed by atoms with Gasteiger partial charge in [-0.05, 0) is 12.8 Å². The van der Waals surface area contributed by atoms with Gasteiger partial charge in [0.1, 0.15) is 5.41 Å². The molecular formula is C10H12F6O4. The molecule has 0 heterocycles. The van der Waals surface area contributed by atoms with Crippen LogP contribution in [0.1, 0.15) is 19.3 Å². The molecule has 0 saturated carbocycles. The standard InChI is InChI=1S/C10H12F6O4/c11-5(7(13)14)10(9(19)20,6(12)8(15)16)3-1-2-4(17)18/h5-8H,1-3H2,(H,17,18)(H,19,20). The molecular weight excluding hydrogens is 298 g/mol. The molecule has 2 atom stereocenters. The van der Waals surface area contributed by atoms with Crippen molar-refractivity contribution in [3.05, 3.63) is 0 Å². The zero-order valence-electron chi connectivity index (χ0n) is 9.91. The third-order valence-electron chi connectivity index (χ3n) is 2.81. The predicted octanol–water partition coefficient (Wildman–Crippen LogP) is 2.52. The van der Waals surface area contributed by atoms with Gasteiger partial charge in [-0.2, -0.15) is 0 Å². The fraction of sp³-hybridized carbons (Fsp3) is 0.800. The summed E-state index contributed by atoms with van der Waals surface area (Å²) in [4.78, 5) is 21.1. The lowest BCUT2D eigenvalue weighted by Crippen LogP contribution is -2.53. The number of alkyl halides is 6. The summed E-state index contributed by atoms with van der Waals surface area (Å²) in [5.41, 5.74) is -3.68. The van der Waals surface area contributed by atoms with Gasteiger partial charge >= 0.3 is 11.9 Å². The molecule has 2 unspecified atom stereocenters. The van der Waals surface area contributed by atoms with E-state index < -0.39 is 61.8 Å². The number of carboxylic acid groups (broad SMARTS) is 2. The van der Waals surface area contributed by atoms with Crippen LogP contribution in [-0.4, -0.2) is 47.3 Å². The molecule has 0 rings (SSSR count). The van der Waals surface area contributed by atoms with Gasteiger partial charge in [-0.15, -0.1) is 0 Å². The summed E-state index contributed by atoms with van der Waals surface area (Å²) in [6, 6.07) is 0. The summed E-state index contributed by atoms with van der Waals surface area (Å²) in [6.07, 6.45) is -18.2. The van der Waals surface area contributed by atoms with Crippen molar-refractivity contribution in [3.63, 3.8) is 0 Å². The monoisotopic (exact) mass is 310 g/mol. The molecule has 0 radical (unpaired) electrons. The van der Waals surface area contributed by atoms with Crippen molar-refractivity contribution < 1.29 is 46.1 Å². The third kappa shape index (κ3) is 4.01. The van der Waals surface area contributed by atoms with Crippen LogP contribution in [0.15, 0.2) is 0 Å². The maximum atomic E-state index is 13.4. The molecule has 0 fully saturated rings. The summed E-state index contributed by atoms with van der Waals surface area (Å²) in [7, 11) is 0. The second-order valence-corrected chi connectivity index (χ2v) is 4.07. The van der Waals surface area contributed by atoms with Crippen LogP contribution in [0.5, 0.6) is 0 Å². The fourth-order valence-corrected chi connectivity index (χ4v) is 1.75. The summed E-state index contributed by atoms with van der Waals surface area (Å²) in [5, 5.41) is 17.0. The number of rotatable bonds is 9. The molecule has 0 aliphatic carbocycles. The second-order valence-electron chi connectivity index (χ2n) is 4.07. The molecule has 0 amide bonds. The van der Waals surface area contributed by atoms with Crippen LogP contribution in [0.3, 0.4) is 0 Å². The van der Waals surface area contributed by atoms with Crippen LogP contribution in [0.4, 0.5) is 26.3 Å². The topological polar surface area (TPSA) is 74.6 Å². The van der Waals surface area contributed by atoms with Gasteiger partial charge in [0.05, 0.1) is 0 Å². The fourth-order valence-electron chi connectivity index (χ4n) is 1.75. The maximum absolute atomic E-state index is 13.4. The van der Waals surface area contributed by atoms with E-state index in [1.165, 1.54) is 0 Å². The van der Waals surface area contributed by atoms with E-state index in [0.717, 1.165) is 0 Å². The summed E-state index contributed by atoms with van der Waals surface area (Å²) in [5.74, 6) is -3.98. The largest absolute Gasteiger partial charge is 0.481 e. The van der Waals surface area contributed by atoms with Gasteiger partial charge in [0.2, 0.25) is 0 Å². The van der Waals surface area contributed by atoms with Crippen LogP contribution < -0.4 is 0 Å². The Bertz CT molecular complexity index is 335. The second kappa shape index (κ2) is 7.34. The first-order chi connectivity index (χ1) is 9.07. The number of hydrogen-bond acceptors (Lipinski definition) is 2. The Morgan fingerprint density at radius 3 is 1.55 bits per heavy atom. The number of aliphatic carboxylic acids is 2. The van der Waals surface area contributed by atoms with E-state index in [0.29, 0.717) is 0 Å². The minimum atomic E-state index is -3.99. The van der Waals surface area contributed by atoms with Crippen LogP contribution in [-0.2, 0) is 9.59 Å². The lowest BCUT2D eigenvalue weighted by Gasteiger charge is -2.34. The van der Waals surface area contributed by atoms with Crippen molar-refractivity contribution >= 4 is 11.9 Å². The van der Waals surface area contributed by atoms with Crippen LogP contribution in [0.25, 0.3) is 0 Å². The predicted molar refractivity (Wildman–Crippen MR) is 53.4 cm³/mol. The molecule has 0 aliphatic heterocycles. The normalized spacial score (nSPS) is 17.8. The average Bonchev–Trinajstić information content (AvgIpc) is 2.32. The van der Waals surface area contributed by atoms with E-state index in [4.69, 9.17) is 10.2 Å². The zero-order valence-corrected chi connectivity index (χ0v) is 9.91. The zero-order chi connectivity index (χ0) is 16.1. The number of halogens is 6. The van der Waals surface area contributed by atoms with E-state index >= 15 is 0 Å². The van der Waals surface area contributed by atoms with Crippen molar-refractivity contribution in [2.75, 3.05) is 0 Å². The smallest absolute Gasteiger partial charge is 0.316 e. The number of carbonyl (C=O) groups is 2. The number of carboxylic acids is 2. The van der Waals surface area contributed by atoms with Gasteiger partial charge in [0.15, 0.2) is 12.3 Å². The van der Waals surface area contributed by atoms with E-state index in [1.807, 2.05) is 0 Å². The maximum Gasteiger partial charge on any atom is 0.316 e. The molecule has 4 nitrogen and oxygen atoms in total. The Balaban J connectivity index is 5.45. The SMILES string of the molecule is O=C(O)CCCC(C(=O)O)(C(F)C(F)F)C(F)C(F)F. The molecule has 0 aliphatic rings. The Hall–Kier alpha value is -1.48. The van der Waals surface area contributed by atoms with E-state index in [2.05, 4.69) is 0 Å². The quantitative estimate of drug-likeness (QED) is 0.642. The van der Waals surface area contributed by atoms with E-state index in [1.54, 1.807) is 0 Å². The molecule has 0 aromatic heterocycles. The minimum absolute atomic E-state index is 0.734. The number of hydrogen-bond donors (Lipinski definition) is 2. The van der Waals surface area contributed by atoms with E-state index in [-0.39, 0.29) is 0 Å². The summed E-state index contributed by atoms with van der Waals surface area (Å²) < 4.78 is 76.1. The highest BCUT2D eigenvalue weighted by molar-refractivity contribution is 5.76. The first-order valence-electron chi connectivity index (χ1n) is 5.37.